The van der Waals surface area contributed by atoms with Crippen LogP contribution >= 0.6 is 11.6 Å². The molecule has 0 saturated carbocycles. The van der Waals surface area contributed by atoms with Gasteiger partial charge in [-0.05, 0) is 43.7 Å². The molecule has 3 aromatic rings. The minimum absolute atomic E-state index is 0.302. The van der Waals surface area contributed by atoms with Crippen molar-refractivity contribution in [1.82, 2.24) is 10.1 Å². The second-order valence-corrected chi connectivity index (χ2v) is 5.65. The molecule has 2 N–H and O–H groups in total. The van der Waals surface area contributed by atoms with E-state index >= 15 is 0 Å². The lowest BCUT2D eigenvalue weighted by Gasteiger charge is -2.09. The first-order chi connectivity index (χ1) is 11.5. The number of carbonyl (C=O) groups is 1. The number of nitrogens with one attached hydrogen (secondary N) is 2. The molecule has 0 aliphatic rings. The van der Waals surface area contributed by atoms with E-state index in [4.69, 9.17) is 16.1 Å². The summed E-state index contributed by atoms with van der Waals surface area (Å²) in [5.41, 5.74) is 2.48. The number of halogens is 1. The summed E-state index contributed by atoms with van der Waals surface area (Å²) in [5, 5.41) is 10.3. The highest BCUT2D eigenvalue weighted by Crippen LogP contribution is 2.23. The molecule has 1 aromatic carbocycles. The molecule has 24 heavy (non-hydrogen) atoms. The fourth-order valence-corrected chi connectivity index (χ4v) is 2.28. The van der Waals surface area contributed by atoms with Crippen LogP contribution in [0, 0.1) is 13.8 Å². The van der Waals surface area contributed by atoms with E-state index in [9.17, 15) is 4.79 Å². The number of aryl methyl sites for hydroxylation is 1. The fraction of sp³-hybridized carbons (Fsp3) is 0.118. The maximum absolute atomic E-state index is 12.3. The smallest absolute Gasteiger partial charge is 0.274 e. The van der Waals surface area contributed by atoms with Crippen molar-refractivity contribution < 1.29 is 9.32 Å². The molecule has 0 saturated heterocycles. The molecule has 122 valence electrons. The van der Waals surface area contributed by atoms with E-state index < -0.39 is 0 Å². The topological polar surface area (TPSA) is 80.0 Å². The molecular formula is C17H15ClN4O2. The minimum atomic E-state index is -0.302. The molecule has 0 aliphatic carbocycles. The SMILES string of the molecule is Cc1cc(Nc2ccc(C(=O)Nc3cccc(Cl)c3C)nc2)no1. The van der Waals surface area contributed by atoms with Gasteiger partial charge in [0.05, 0.1) is 11.9 Å². The molecule has 0 fully saturated rings. The molecule has 0 radical (unpaired) electrons. The number of benzene rings is 1. The average molecular weight is 343 g/mol. The van der Waals surface area contributed by atoms with Gasteiger partial charge in [-0.1, -0.05) is 22.8 Å². The molecule has 0 aliphatic heterocycles. The molecule has 0 bridgehead atoms. The lowest BCUT2D eigenvalue weighted by molar-refractivity contribution is 0.102. The van der Waals surface area contributed by atoms with Crippen LogP contribution in [0.5, 0.6) is 0 Å². The first-order valence-corrected chi connectivity index (χ1v) is 7.63. The molecule has 3 rings (SSSR count). The third-order valence-corrected chi connectivity index (χ3v) is 3.82. The van der Waals surface area contributed by atoms with Crippen molar-refractivity contribution in [2.75, 3.05) is 10.6 Å². The maximum Gasteiger partial charge on any atom is 0.274 e. The number of aromatic nitrogens is 2. The second-order valence-electron chi connectivity index (χ2n) is 5.25. The van der Waals surface area contributed by atoms with E-state index in [0.717, 1.165) is 5.56 Å². The Balaban J connectivity index is 1.70. The lowest BCUT2D eigenvalue weighted by atomic mass is 10.2. The number of anilines is 3. The number of carbonyl (C=O) groups excluding carboxylic acids is 1. The molecule has 2 heterocycles. The molecule has 2 aromatic heterocycles. The normalized spacial score (nSPS) is 10.5. The van der Waals surface area contributed by atoms with Gasteiger partial charge in [-0.3, -0.25) is 4.79 Å². The first-order valence-electron chi connectivity index (χ1n) is 7.26. The molecule has 0 atom stereocenters. The van der Waals surface area contributed by atoms with Gasteiger partial charge in [-0.2, -0.15) is 0 Å². The Morgan fingerprint density at radius 1 is 1.21 bits per heavy atom. The number of hydrogen-bond acceptors (Lipinski definition) is 5. The van der Waals surface area contributed by atoms with E-state index in [-0.39, 0.29) is 5.91 Å². The van der Waals surface area contributed by atoms with E-state index in [0.29, 0.717) is 33.7 Å². The summed E-state index contributed by atoms with van der Waals surface area (Å²) < 4.78 is 4.98. The Bertz CT molecular complexity index is 875. The average Bonchev–Trinajstić information content (AvgIpc) is 2.97. The molecule has 0 unspecified atom stereocenters. The Kier molecular flexibility index (Phi) is 4.48. The third-order valence-electron chi connectivity index (χ3n) is 3.41. The highest BCUT2D eigenvalue weighted by molar-refractivity contribution is 6.31. The predicted molar refractivity (Wildman–Crippen MR) is 92.9 cm³/mol. The van der Waals surface area contributed by atoms with Gasteiger partial charge in [0.1, 0.15) is 11.5 Å². The molecule has 1 amide bonds. The Hall–Kier alpha value is -2.86. The number of pyridine rings is 1. The van der Waals surface area contributed by atoms with Crippen LogP contribution in [0.2, 0.25) is 5.02 Å². The third kappa shape index (κ3) is 3.55. The summed E-state index contributed by atoms with van der Waals surface area (Å²) in [5.74, 6) is 0.989. The van der Waals surface area contributed by atoms with Crippen LogP contribution in [0.25, 0.3) is 0 Å². The van der Waals surface area contributed by atoms with Crippen LogP contribution < -0.4 is 10.6 Å². The zero-order chi connectivity index (χ0) is 17.1. The highest BCUT2D eigenvalue weighted by atomic mass is 35.5. The lowest BCUT2D eigenvalue weighted by Crippen LogP contribution is -2.14. The summed E-state index contributed by atoms with van der Waals surface area (Å²) in [6.07, 6.45) is 1.56. The molecule has 7 heteroatoms. The Morgan fingerprint density at radius 2 is 2.04 bits per heavy atom. The molecular weight excluding hydrogens is 328 g/mol. The fourth-order valence-electron chi connectivity index (χ4n) is 2.10. The highest BCUT2D eigenvalue weighted by Gasteiger charge is 2.10. The maximum atomic E-state index is 12.3. The standard InChI is InChI=1S/C17H15ClN4O2/c1-10-8-16(22-24-10)20-12-6-7-15(19-9-12)17(23)21-14-5-3-4-13(18)11(14)2/h3-9H,1-2H3,(H,20,22)(H,21,23). The van der Waals surface area contributed by atoms with Crippen molar-refractivity contribution in [2.24, 2.45) is 0 Å². The Morgan fingerprint density at radius 3 is 2.71 bits per heavy atom. The van der Waals surface area contributed by atoms with E-state index in [1.54, 1.807) is 42.6 Å². The number of amides is 1. The van der Waals surface area contributed by atoms with E-state index in [2.05, 4.69) is 20.8 Å². The molecule has 0 spiro atoms. The van der Waals surface area contributed by atoms with Crippen molar-refractivity contribution in [3.63, 3.8) is 0 Å². The van der Waals surface area contributed by atoms with Gasteiger partial charge < -0.3 is 15.2 Å². The number of hydrogen-bond donors (Lipinski definition) is 2. The van der Waals surface area contributed by atoms with Crippen molar-refractivity contribution in [2.45, 2.75) is 13.8 Å². The van der Waals surface area contributed by atoms with Gasteiger partial charge in [-0.25, -0.2) is 4.98 Å². The molecule has 6 nitrogen and oxygen atoms in total. The van der Waals surface area contributed by atoms with Crippen LogP contribution in [0.15, 0.2) is 47.1 Å². The van der Waals surface area contributed by atoms with Crippen LogP contribution in [0.4, 0.5) is 17.2 Å². The summed E-state index contributed by atoms with van der Waals surface area (Å²) in [6, 6.07) is 10.5. The largest absolute Gasteiger partial charge is 0.360 e. The number of nitrogens with zero attached hydrogens (tertiary/aromatic N) is 2. The monoisotopic (exact) mass is 342 g/mol. The van der Waals surface area contributed by atoms with Gasteiger partial charge >= 0.3 is 0 Å². The zero-order valence-corrected chi connectivity index (χ0v) is 13.9. The zero-order valence-electron chi connectivity index (χ0n) is 13.1. The predicted octanol–water partition coefficient (Wildman–Crippen LogP) is 4.34. The van der Waals surface area contributed by atoms with E-state index in [1.165, 1.54) is 0 Å². The van der Waals surface area contributed by atoms with Crippen molar-refractivity contribution in [1.29, 1.82) is 0 Å². The van der Waals surface area contributed by atoms with Crippen LogP contribution in [-0.2, 0) is 0 Å². The van der Waals surface area contributed by atoms with Gasteiger partial charge in [0.15, 0.2) is 5.82 Å². The van der Waals surface area contributed by atoms with Crippen molar-refractivity contribution in [3.05, 3.63) is 64.6 Å². The minimum Gasteiger partial charge on any atom is -0.360 e. The quantitative estimate of drug-likeness (QED) is 0.737. The summed E-state index contributed by atoms with van der Waals surface area (Å²) >= 11 is 6.05. The second kappa shape index (κ2) is 6.72. The van der Waals surface area contributed by atoms with Crippen LogP contribution in [-0.4, -0.2) is 16.0 Å². The van der Waals surface area contributed by atoms with Crippen LogP contribution in [0.3, 0.4) is 0 Å². The van der Waals surface area contributed by atoms with Crippen molar-refractivity contribution >= 4 is 34.7 Å². The first kappa shape index (κ1) is 16.0. The Labute approximate surface area is 143 Å². The summed E-state index contributed by atoms with van der Waals surface area (Å²) in [7, 11) is 0. The van der Waals surface area contributed by atoms with Gasteiger partial charge in [0.25, 0.3) is 5.91 Å². The van der Waals surface area contributed by atoms with Gasteiger partial charge in [0.2, 0.25) is 0 Å². The van der Waals surface area contributed by atoms with Crippen molar-refractivity contribution in [3.8, 4) is 0 Å². The van der Waals surface area contributed by atoms with Crippen LogP contribution in [0.1, 0.15) is 21.8 Å². The van der Waals surface area contributed by atoms with Gasteiger partial charge in [-0.15, -0.1) is 0 Å². The number of rotatable bonds is 4. The van der Waals surface area contributed by atoms with Gasteiger partial charge in [0, 0.05) is 16.8 Å². The summed E-state index contributed by atoms with van der Waals surface area (Å²) in [6.45, 7) is 3.65. The van der Waals surface area contributed by atoms with E-state index in [1.807, 2.05) is 13.8 Å². The summed E-state index contributed by atoms with van der Waals surface area (Å²) in [4.78, 5) is 16.5.